The van der Waals surface area contributed by atoms with Crippen molar-refractivity contribution in [3.8, 4) is 0 Å². The van der Waals surface area contributed by atoms with Crippen molar-refractivity contribution in [2.24, 2.45) is 0 Å². The maximum Gasteiger partial charge on any atom is 0.161 e. The van der Waals surface area contributed by atoms with Gasteiger partial charge in [0.1, 0.15) is 4.29 Å². The van der Waals surface area contributed by atoms with Gasteiger partial charge in [0, 0.05) is 0 Å². The van der Waals surface area contributed by atoms with E-state index in [0.29, 0.717) is 0 Å². The van der Waals surface area contributed by atoms with E-state index in [1.165, 1.54) is 0 Å². The zero-order valence-corrected chi connectivity index (χ0v) is 8.02. The minimum absolute atomic E-state index is 0.657. The summed E-state index contributed by atoms with van der Waals surface area (Å²) in [5.74, 6) is 0. The molecule has 0 aliphatic carbocycles. The van der Waals surface area contributed by atoms with Crippen molar-refractivity contribution in [1.29, 1.82) is 0 Å². The van der Waals surface area contributed by atoms with Gasteiger partial charge in [-0.05, 0) is 0 Å². The third-order valence-electron chi connectivity index (χ3n) is 0.334. The first kappa shape index (κ1) is 8.56. The molecule has 0 aliphatic rings. The van der Waals surface area contributed by atoms with Crippen LogP contribution in [0.5, 0.6) is 0 Å². The summed E-state index contributed by atoms with van der Waals surface area (Å²) in [6.07, 6.45) is 0. The van der Waals surface area contributed by atoms with Crippen LogP contribution in [0.1, 0.15) is 0 Å². The standard InChI is InChI=1S/C2H5BrClFP2/c3-1(4)2(5,6)7/h1H,6-7H2. The Balaban J connectivity index is 3.54. The SMILES string of the molecule is FC(P)(P)C(Cl)Br. The summed E-state index contributed by atoms with van der Waals surface area (Å²) in [6, 6.07) is 0. The van der Waals surface area contributed by atoms with E-state index in [0.717, 1.165) is 0 Å². The van der Waals surface area contributed by atoms with Gasteiger partial charge in [-0.15, -0.1) is 11.6 Å². The quantitative estimate of drug-likeness (QED) is 0.474. The van der Waals surface area contributed by atoms with E-state index in [1.807, 2.05) is 18.5 Å². The van der Waals surface area contributed by atoms with Gasteiger partial charge in [0.05, 0.1) is 0 Å². The van der Waals surface area contributed by atoms with Crippen LogP contribution in [0.2, 0.25) is 0 Å². The van der Waals surface area contributed by atoms with Crippen LogP contribution in [0.15, 0.2) is 0 Å². The molecule has 0 aromatic rings. The van der Waals surface area contributed by atoms with Crippen molar-refractivity contribution < 1.29 is 4.39 Å². The van der Waals surface area contributed by atoms with Gasteiger partial charge in [-0.3, -0.25) is 0 Å². The highest BCUT2D eigenvalue weighted by atomic mass is 79.9. The first-order valence-corrected chi connectivity index (χ1v) is 4.00. The normalized spacial score (nSPS) is 16.7. The molecule has 0 aromatic heterocycles. The predicted octanol–water partition coefficient (Wildman–Crippen LogP) is 2.32. The second-order valence-corrected chi connectivity index (χ2v) is 5.44. The molecule has 5 heteroatoms. The first-order chi connectivity index (χ1) is 2.94. The van der Waals surface area contributed by atoms with Crippen LogP contribution in [0.25, 0.3) is 0 Å². The Labute approximate surface area is 60.1 Å². The lowest BCUT2D eigenvalue weighted by molar-refractivity contribution is 0.436. The highest BCUT2D eigenvalue weighted by Crippen LogP contribution is 2.38. The van der Waals surface area contributed by atoms with Crippen molar-refractivity contribution in [1.82, 2.24) is 0 Å². The first-order valence-electron chi connectivity index (χ1n) is 1.49. The Kier molecular flexibility index (Phi) is 3.57. The molecule has 3 atom stereocenters. The van der Waals surface area contributed by atoms with Crippen molar-refractivity contribution in [3.05, 3.63) is 0 Å². The summed E-state index contributed by atoms with van der Waals surface area (Å²) >= 11 is 8.10. The van der Waals surface area contributed by atoms with Crippen LogP contribution in [0, 0.1) is 0 Å². The van der Waals surface area contributed by atoms with Gasteiger partial charge < -0.3 is 0 Å². The van der Waals surface area contributed by atoms with Gasteiger partial charge in [-0.1, -0.05) is 34.4 Å². The Morgan fingerprint density at radius 2 is 1.86 bits per heavy atom. The second kappa shape index (κ2) is 2.92. The fourth-order valence-electron chi connectivity index (χ4n) is 0. The lowest BCUT2D eigenvalue weighted by atomic mass is 10.9. The lowest BCUT2D eigenvalue weighted by Crippen LogP contribution is -2.10. The molecule has 0 amide bonds. The van der Waals surface area contributed by atoms with Gasteiger partial charge in [-0.25, -0.2) is 4.39 Å². The average molecular weight is 225 g/mol. The summed E-state index contributed by atoms with van der Waals surface area (Å²) in [6.45, 7) is 0. The Hall–Kier alpha value is 1.56. The van der Waals surface area contributed by atoms with Crippen molar-refractivity contribution in [3.63, 3.8) is 0 Å². The van der Waals surface area contributed by atoms with E-state index in [9.17, 15) is 4.39 Å². The molecule has 0 saturated heterocycles. The van der Waals surface area contributed by atoms with Crippen LogP contribution in [-0.4, -0.2) is 9.44 Å². The molecule has 0 saturated carbocycles. The van der Waals surface area contributed by atoms with E-state index in [4.69, 9.17) is 11.6 Å². The molecule has 0 spiro atoms. The molecule has 0 nitrogen and oxygen atoms in total. The highest BCUT2D eigenvalue weighted by molar-refractivity contribution is 9.10. The molecule has 0 N–H and O–H groups in total. The molecule has 0 heterocycles. The third kappa shape index (κ3) is 4.09. The van der Waals surface area contributed by atoms with Gasteiger partial charge in [0.15, 0.2) is 5.15 Å². The molecular weight excluding hydrogens is 220 g/mol. The summed E-state index contributed by atoms with van der Waals surface area (Å²) in [5, 5.41) is -1.48. The summed E-state index contributed by atoms with van der Waals surface area (Å²) in [7, 11) is 3.90. The average Bonchev–Trinajstić information content (AvgIpc) is 1.31. The maximum absolute atomic E-state index is 12.3. The monoisotopic (exact) mass is 224 g/mol. The lowest BCUT2D eigenvalue weighted by Gasteiger charge is -2.13. The zero-order valence-electron chi connectivity index (χ0n) is 3.37. The summed E-state index contributed by atoms with van der Waals surface area (Å²) < 4.78 is 11.6. The van der Waals surface area contributed by atoms with E-state index in [1.54, 1.807) is 0 Å². The van der Waals surface area contributed by atoms with Crippen LogP contribution >= 0.6 is 46.0 Å². The Morgan fingerprint density at radius 3 is 1.86 bits per heavy atom. The molecule has 44 valence electrons. The van der Waals surface area contributed by atoms with Crippen LogP contribution in [0.3, 0.4) is 0 Å². The third-order valence-corrected chi connectivity index (χ3v) is 3.44. The van der Waals surface area contributed by atoms with E-state index < -0.39 is 9.44 Å². The smallest absolute Gasteiger partial charge is 0.161 e. The Bertz CT molecular complexity index is 61.2. The Morgan fingerprint density at radius 1 is 1.71 bits per heavy atom. The number of alkyl halides is 3. The molecule has 0 fully saturated rings. The second-order valence-electron chi connectivity index (χ2n) is 1.13. The summed E-state index contributed by atoms with van der Waals surface area (Å²) in [4.78, 5) is 0. The topological polar surface area (TPSA) is 0 Å². The molecule has 0 radical (unpaired) electrons. The molecular formula is C2H5BrClFP2. The van der Waals surface area contributed by atoms with Crippen molar-refractivity contribution in [2.45, 2.75) is 9.44 Å². The predicted molar refractivity (Wildman–Crippen MR) is 41.8 cm³/mol. The highest BCUT2D eigenvalue weighted by Gasteiger charge is 2.24. The molecule has 0 rings (SSSR count). The molecule has 0 aliphatic heterocycles. The number of rotatable bonds is 1. The van der Waals surface area contributed by atoms with Crippen molar-refractivity contribution in [2.75, 3.05) is 0 Å². The number of hydrogen-bond acceptors (Lipinski definition) is 0. The van der Waals surface area contributed by atoms with E-state index >= 15 is 0 Å². The molecule has 0 aromatic carbocycles. The van der Waals surface area contributed by atoms with Gasteiger partial charge in [0.25, 0.3) is 0 Å². The molecule has 0 bridgehead atoms. The van der Waals surface area contributed by atoms with Gasteiger partial charge in [0.2, 0.25) is 0 Å². The van der Waals surface area contributed by atoms with Crippen LogP contribution in [-0.2, 0) is 0 Å². The van der Waals surface area contributed by atoms with Crippen molar-refractivity contribution >= 4 is 46.0 Å². The summed E-state index contributed by atoms with van der Waals surface area (Å²) in [5.41, 5.74) is 0. The minimum Gasteiger partial charge on any atom is -0.233 e. The number of hydrogen-bond donors (Lipinski definition) is 0. The van der Waals surface area contributed by atoms with Crippen LogP contribution in [0.4, 0.5) is 4.39 Å². The molecule has 7 heavy (non-hydrogen) atoms. The fourth-order valence-corrected chi connectivity index (χ4v) is 0. The largest absolute Gasteiger partial charge is 0.233 e. The maximum atomic E-state index is 12.3. The van der Waals surface area contributed by atoms with E-state index in [2.05, 4.69) is 15.9 Å². The van der Waals surface area contributed by atoms with Gasteiger partial charge >= 0.3 is 0 Å². The molecule has 3 unspecified atom stereocenters. The van der Waals surface area contributed by atoms with Gasteiger partial charge in [-0.2, -0.15) is 0 Å². The number of halogens is 3. The minimum atomic E-state index is -1.48. The zero-order chi connectivity index (χ0) is 6.08. The van der Waals surface area contributed by atoms with E-state index in [-0.39, 0.29) is 0 Å². The van der Waals surface area contributed by atoms with Crippen LogP contribution < -0.4 is 0 Å². The fraction of sp³-hybridized carbons (Fsp3) is 1.00.